The molecule has 0 spiro atoms. The Balaban J connectivity index is 1.38. The Morgan fingerprint density at radius 2 is 1.92 bits per heavy atom. The summed E-state index contributed by atoms with van der Waals surface area (Å²) in [6.07, 6.45) is 1.01. The number of carbonyl (C=O) groups is 1. The first kappa shape index (κ1) is 26.8. The number of imidazole rings is 1. The fourth-order valence-electron chi connectivity index (χ4n) is 4.99. The smallest absolute Gasteiger partial charge is 0.296 e. The highest BCUT2D eigenvalue weighted by molar-refractivity contribution is 5.79. The molecule has 3 heterocycles. The zero-order valence-electron chi connectivity index (χ0n) is 21.7. The molecule has 39 heavy (non-hydrogen) atoms. The monoisotopic (exact) mass is 542 g/mol. The number of hydrogen-bond acceptors (Lipinski definition) is 8. The zero-order chi connectivity index (χ0) is 27.4. The van der Waals surface area contributed by atoms with Crippen LogP contribution in [0.2, 0.25) is 0 Å². The number of ether oxygens (including phenoxy) is 2. The Labute approximate surface area is 224 Å². The van der Waals surface area contributed by atoms with Gasteiger partial charge in [-0.2, -0.15) is 9.97 Å². The van der Waals surface area contributed by atoms with E-state index in [2.05, 4.69) is 20.3 Å². The Kier molecular flexibility index (Phi) is 8.20. The van der Waals surface area contributed by atoms with Crippen LogP contribution >= 0.6 is 0 Å². The molecular weight excluding hydrogens is 510 g/mol. The average molecular weight is 543 g/mol. The zero-order valence-corrected chi connectivity index (χ0v) is 21.7. The van der Waals surface area contributed by atoms with Crippen LogP contribution in [0.3, 0.4) is 0 Å². The predicted octanol–water partition coefficient (Wildman–Crippen LogP) is 4.25. The van der Waals surface area contributed by atoms with Crippen LogP contribution in [0.4, 0.5) is 14.7 Å². The molecule has 1 saturated carbocycles. The first-order valence-electron chi connectivity index (χ1n) is 13.1. The Hall–Kier alpha value is -3.80. The molecular formula is C27H32F2N6O4. The van der Waals surface area contributed by atoms with Gasteiger partial charge in [0.05, 0.1) is 36.9 Å². The number of aliphatic hydroxyl groups is 1. The van der Waals surface area contributed by atoms with Crippen molar-refractivity contribution in [3.63, 3.8) is 0 Å². The van der Waals surface area contributed by atoms with Crippen LogP contribution in [0.25, 0.3) is 16.9 Å². The summed E-state index contributed by atoms with van der Waals surface area (Å²) < 4.78 is 41.3. The van der Waals surface area contributed by atoms with E-state index in [1.807, 2.05) is 4.90 Å². The number of benzene rings is 1. The molecule has 12 heteroatoms. The van der Waals surface area contributed by atoms with Crippen LogP contribution in [0.5, 0.6) is 5.88 Å². The minimum atomic E-state index is -2.80. The largest absolute Gasteiger partial charge is 0.516 e. The Morgan fingerprint density at radius 1 is 1.18 bits per heavy atom. The van der Waals surface area contributed by atoms with Gasteiger partial charge in [0, 0.05) is 25.2 Å². The molecule has 1 amide bonds. The molecule has 0 radical (unpaired) electrons. The van der Waals surface area contributed by atoms with Crippen molar-refractivity contribution in [3.8, 4) is 11.7 Å². The Morgan fingerprint density at radius 3 is 2.64 bits per heavy atom. The molecule has 3 aromatic rings. The van der Waals surface area contributed by atoms with Crippen LogP contribution < -0.4 is 15.0 Å². The maximum atomic E-state index is 14.1. The summed E-state index contributed by atoms with van der Waals surface area (Å²) in [5.74, 6) is 0.433. The summed E-state index contributed by atoms with van der Waals surface area (Å²) in [5, 5.41) is 12.0. The van der Waals surface area contributed by atoms with Gasteiger partial charge in [0.2, 0.25) is 17.7 Å². The molecule has 1 aliphatic heterocycles. The summed E-state index contributed by atoms with van der Waals surface area (Å²) in [6, 6.07) is 8.57. The highest BCUT2D eigenvalue weighted by atomic mass is 19.3. The highest BCUT2D eigenvalue weighted by Gasteiger charge is 2.27. The van der Waals surface area contributed by atoms with E-state index in [1.165, 1.54) is 4.57 Å². The molecule has 10 nitrogen and oxygen atoms in total. The maximum Gasteiger partial charge on any atom is 0.296 e. The van der Waals surface area contributed by atoms with Crippen LogP contribution in [0.15, 0.2) is 42.2 Å². The van der Waals surface area contributed by atoms with E-state index in [9.17, 15) is 13.6 Å². The number of aliphatic hydroxyl groups excluding tert-OH is 1. The van der Waals surface area contributed by atoms with Gasteiger partial charge in [0.25, 0.3) is 6.43 Å². The summed E-state index contributed by atoms with van der Waals surface area (Å²) in [6.45, 7) is 3.88. The number of rotatable bonds is 8. The van der Waals surface area contributed by atoms with Crippen molar-refractivity contribution in [3.05, 3.63) is 48.0 Å². The third-order valence-electron chi connectivity index (χ3n) is 6.97. The van der Waals surface area contributed by atoms with E-state index in [1.54, 1.807) is 37.3 Å². The van der Waals surface area contributed by atoms with E-state index in [-0.39, 0.29) is 30.3 Å². The number of nitrogens with zero attached hydrogens (tertiary/aromatic N) is 5. The normalized spacial score (nSPS) is 20.4. The lowest BCUT2D eigenvalue weighted by atomic mass is 9.93. The lowest BCUT2D eigenvalue weighted by molar-refractivity contribution is -0.121. The van der Waals surface area contributed by atoms with E-state index >= 15 is 0 Å². The maximum absolute atomic E-state index is 14.1. The molecule has 2 N–H and O–H groups in total. The van der Waals surface area contributed by atoms with Gasteiger partial charge in [-0.3, -0.25) is 9.36 Å². The summed E-state index contributed by atoms with van der Waals surface area (Å²) in [5.41, 5.74) is 1.57. The Bertz CT molecular complexity index is 1330. The molecule has 1 aromatic carbocycles. The number of morpholine rings is 1. The van der Waals surface area contributed by atoms with Gasteiger partial charge in [-0.25, -0.2) is 13.8 Å². The van der Waals surface area contributed by atoms with E-state index < -0.39 is 12.2 Å². The minimum absolute atomic E-state index is 0.0274. The second kappa shape index (κ2) is 11.9. The number of fused-ring (bicyclic) bond motifs is 1. The van der Waals surface area contributed by atoms with E-state index in [0.29, 0.717) is 67.6 Å². The number of para-hydroxylation sites is 2. The molecule has 0 bridgehead atoms. The molecule has 2 fully saturated rings. The molecule has 2 aliphatic rings. The van der Waals surface area contributed by atoms with Crippen LogP contribution in [-0.2, 0) is 9.53 Å². The van der Waals surface area contributed by atoms with Crippen molar-refractivity contribution in [2.24, 2.45) is 0 Å². The van der Waals surface area contributed by atoms with Gasteiger partial charge in [-0.05, 0) is 50.3 Å². The lowest BCUT2D eigenvalue weighted by Gasteiger charge is -2.30. The van der Waals surface area contributed by atoms with Crippen LogP contribution in [-0.4, -0.2) is 69.0 Å². The number of halogens is 2. The number of alkyl halides is 2. The molecule has 1 saturated heterocycles. The third-order valence-corrected chi connectivity index (χ3v) is 6.97. The highest BCUT2D eigenvalue weighted by Crippen LogP contribution is 2.31. The number of hydrogen-bond donors (Lipinski definition) is 2. The molecule has 2 aromatic heterocycles. The molecule has 208 valence electrons. The topological polar surface area (TPSA) is 115 Å². The van der Waals surface area contributed by atoms with Crippen molar-refractivity contribution >= 4 is 22.9 Å². The first-order chi connectivity index (χ1) is 18.9. The average Bonchev–Trinajstić information content (AvgIpc) is 3.34. The fraction of sp³-hybridized carbons (Fsp3) is 0.481. The lowest BCUT2D eigenvalue weighted by Crippen LogP contribution is -2.40. The summed E-state index contributed by atoms with van der Waals surface area (Å²) >= 11 is 0. The minimum Gasteiger partial charge on any atom is -0.516 e. The van der Waals surface area contributed by atoms with Crippen LogP contribution in [0, 0.1) is 0 Å². The van der Waals surface area contributed by atoms with Gasteiger partial charge in [-0.1, -0.05) is 12.1 Å². The number of aromatic nitrogens is 4. The summed E-state index contributed by atoms with van der Waals surface area (Å²) in [7, 11) is 0. The molecule has 0 unspecified atom stereocenters. The van der Waals surface area contributed by atoms with Gasteiger partial charge in [0.1, 0.15) is 11.9 Å². The van der Waals surface area contributed by atoms with E-state index in [4.69, 9.17) is 14.6 Å². The van der Waals surface area contributed by atoms with E-state index in [0.717, 1.165) is 19.1 Å². The number of nitrogens with one attached hydrogen (secondary N) is 1. The fourth-order valence-corrected chi connectivity index (χ4v) is 4.99. The predicted molar refractivity (Wildman–Crippen MR) is 140 cm³/mol. The van der Waals surface area contributed by atoms with Crippen molar-refractivity contribution in [2.45, 2.75) is 57.6 Å². The summed E-state index contributed by atoms with van der Waals surface area (Å²) in [4.78, 5) is 27.6. The van der Waals surface area contributed by atoms with Gasteiger partial charge >= 0.3 is 0 Å². The number of amides is 1. The first-order valence-corrected chi connectivity index (χ1v) is 13.1. The van der Waals surface area contributed by atoms with Gasteiger partial charge in [-0.15, -0.1) is 0 Å². The molecule has 1 aliphatic carbocycles. The van der Waals surface area contributed by atoms with Gasteiger partial charge < -0.3 is 24.8 Å². The molecule has 5 rings (SSSR count). The molecule has 0 atom stereocenters. The second-order valence-electron chi connectivity index (χ2n) is 9.87. The standard InChI is InChI=1S/C27H32F2N6O4/c1-17(16-36)14-23(37)30-18-6-8-19(9-7-18)39-24-15-22(32-27(33-24)34-10-12-38-13-11-34)35-21-5-3-2-4-20(21)31-26(35)25(28)29/h2-5,15-16,18-19,25,36H,6-14H2,1H3,(H,30,37)/b17-16-. The van der Waals surface area contributed by atoms with Crippen molar-refractivity contribution < 1.29 is 28.2 Å². The van der Waals surface area contributed by atoms with Crippen LogP contribution in [0.1, 0.15) is 51.3 Å². The second-order valence-corrected chi connectivity index (χ2v) is 9.87. The SMILES string of the molecule is C/C(=C/O)CC(=O)NC1CCC(Oc2cc(-n3c(C(F)F)nc4ccccc43)nc(N3CCOCC3)n2)CC1. The third kappa shape index (κ3) is 6.27. The van der Waals surface area contributed by atoms with Crippen molar-refractivity contribution in [2.75, 3.05) is 31.2 Å². The quantitative estimate of drug-likeness (QED) is 0.406. The number of anilines is 1. The van der Waals surface area contributed by atoms with Crippen molar-refractivity contribution in [1.82, 2.24) is 24.8 Å². The van der Waals surface area contributed by atoms with Crippen molar-refractivity contribution in [1.29, 1.82) is 0 Å². The van der Waals surface area contributed by atoms with Gasteiger partial charge in [0.15, 0.2) is 5.82 Å². The number of carbonyl (C=O) groups excluding carboxylic acids is 1.